The molecule has 1 N–H and O–H groups in total. The first-order valence-corrected chi connectivity index (χ1v) is 7.52. The monoisotopic (exact) mass is 324 g/mol. The van der Waals surface area contributed by atoms with E-state index in [2.05, 4.69) is 5.43 Å². The Balaban J connectivity index is 1.61. The molecule has 0 saturated carbocycles. The third-order valence-corrected chi connectivity index (χ3v) is 3.69. The van der Waals surface area contributed by atoms with Crippen molar-refractivity contribution in [1.29, 1.82) is 0 Å². The molecule has 0 aromatic heterocycles. The fraction of sp³-hybridized carbons (Fsp3) is 0.167. The Morgan fingerprint density at radius 3 is 2.12 bits per heavy atom. The first-order chi connectivity index (χ1) is 11.6. The summed E-state index contributed by atoms with van der Waals surface area (Å²) in [5.74, 6) is -1.49. The van der Waals surface area contributed by atoms with Gasteiger partial charge in [-0.25, -0.2) is 10.4 Å². The molecule has 0 aliphatic carbocycles. The number of carbonyl (C=O) groups excluding carboxylic acids is 3. The Labute approximate surface area is 139 Å². The summed E-state index contributed by atoms with van der Waals surface area (Å²) >= 11 is 0. The maximum Gasteiger partial charge on any atom is 0.325 e. The van der Waals surface area contributed by atoms with Crippen LogP contribution >= 0.6 is 0 Å². The molecule has 0 unspecified atom stereocenters. The second-order valence-electron chi connectivity index (χ2n) is 5.44. The van der Waals surface area contributed by atoms with Gasteiger partial charge in [0.15, 0.2) is 0 Å². The van der Waals surface area contributed by atoms with Crippen LogP contribution in [0.3, 0.4) is 0 Å². The van der Waals surface area contributed by atoms with Gasteiger partial charge in [0, 0.05) is 0 Å². The molecule has 1 atom stereocenters. The van der Waals surface area contributed by atoms with Crippen LogP contribution in [-0.2, 0) is 16.1 Å². The Kier molecular flexibility index (Phi) is 4.39. The summed E-state index contributed by atoms with van der Waals surface area (Å²) in [7, 11) is 0. The molecule has 2 aromatic rings. The zero-order valence-corrected chi connectivity index (χ0v) is 13.1. The van der Waals surface area contributed by atoms with Crippen LogP contribution in [0.5, 0.6) is 0 Å². The quantitative estimate of drug-likeness (QED) is 0.672. The molecule has 3 rings (SSSR count). The SMILES string of the molecule is C[C@@H](NN1C(=O)c2ccccc2C1=O)C(=O)OCc1ccccc1. The molecule has 0 fully saturated rings. The zero-order chi connectivity index (χ0) is 17.1. The molecule has 6 heteroatoms. The van der Waals surface area contributed by atoms with Crippen LogP contribution in [0, 0.1) is 0 Å². The van der Waals surface area contributed by atoms with E-state index in [1.54, 1.807) is 24.3 Å². The Morgan fingerprint density at radius 1 is 1.00 bits per heavy atom. The molecule has 6 nitrogen and oxygen atoms in total. The number of ether oxygens (including phenoxy) is 1. The highest BCUT2D eigenvalue weighted by Crippen LogP contribution is 2.21. The Hall–Kier alpha value is -2.99. The standard InChI is InChI=1S/C18H16N2O4/c1-12(18(23)24-11-13-7-3-2-4-8-13)19-20-16(21)14-9-5-6-10-15(14)17(20)22/h2-10,12,19H,11H2,1H3/t12-/m1/s1. The van der Waals surface area contributed by atoms with E-state index in [1.807, 2.05) is 30.3 Å². The van der Waals surface area contributed by atoms with E-state index in [-0.39, 0.29) is 6.61 Å². The number of hydrazine groups is 1. The van der Waals surface area contributed by atoms with Gasteiger partial charge in [-0.2, -0.15) is 0 Å². The number of amides is 2. The third kappa shape index (κ3) is 3.04. The van der Waals surface area contributed by atoms with Gasteiger partial charge in [0.25, 0.3) is 11.8 Å². The molecule has 2 aromatic carbocycles. The predicted octanol–water partition coefficient (Wildman–Crippen LogP) is 1.92. The predicted molar refractivity (Wildman–Crippen MR) is 85.8 cm³/mol. The smallest absolute Gasteiger partial charge is 0.325 e. The van der Waals surface area contributed by atoms with Crippen LogP contribution in [-0.4, -0.2) is 28.8 Å². The topological polar surface area (TPSA) is 75.7 Å². The number of imide groups is 1. The Morgan fingerprint density at radius 2 is 1.54 bits per heavy atom. The number of nitrogens with one attached hydrogen (secondary N) is 1. The van der Waals surface area contributed by atoms with E-state index < -0.39 is 23.8 Å². The number of fused-ring (bicyclic) bond motifs is 1. The number of esters is 1. The van der Waals surface area contributed by atoms with E-state index in [4.69, 9.17) is 4.74 Å². The Bertz CT molecular complexity index is 754. The third-order valence-electron chi connectivity index (χ3n) is 3.69. The van der Waals surface area contributed by atoms with E-state index >= 15 is 0 Å². The van der Waals surface area contributed by atoms with Gasteiger partial charge >= 0.3 is 5.97 Å². The van der Waals surface area contributed by atoms with Crippen molar-refractivity contribution in [2.24, 2.45) is 0 Å². The van der Waals surface area contributed by atoms with Crippen molar-refractivity contribution in [2.75, 3.05) is 0 Å². The first-order valence-electron chi connectivity index (χ1n) is 7.52. The minimum atomic E-state index is -0.837. The van der Waals surface area contributed by atoms with Gasteiger partial charge in [-0.15, -0.1) is 0 Å². The van der Waals surface area contributed by atoms with Gasteiger partial charge in [-0.1, -0.05) is 42.5 Å². The fourth-order valence-corrected chi connectivity index (χ4v) is 2.41. The average molecular weight is 324 g/mol. The highest BCUT2D eigenvalue weighted by atomic mass is 16.5. The number of hydrogen-bond acceptors (Lipinski definition) is 5. The molecular weight excluding hydrogens is 308 g/mol. The summed E-state index contributed by atoms with van der Waals surface area (Å²) in [5.41, 5.74) is 4.12. The summed E-state index contributed by atoms with van der Waals surface area (Å²) in [6.07, 6.45) is 0. The lowest BCUT2D eigenvalue weighted by molar-refractivity contribution is -0.147. The first kappa shape index (κ1) is 15.9. The zero-order valence-electron chi connectivity index (χ0n) is 13.1. The molecule has 0 saturated heterocycles. The van der Waals surface area contributed by atoms with Crippen molar-refractivity contribution in [2.45, 2.75) is 19.6 Å². The van der Waals surface area contributed by atoms with Gasteiger partial charge in [0.1, 0.15) is 12.6 Å². The van der Waals surface area contributed by atoms with E-state index in [0.717, 1.165) is 10.6 Å². The van der Waals surface area contributed by atoms with E-state index in [1.165, 1.54) is 6.92 Å². The normalized spacial score (nSPS) is 14.5. The highest BCUT2D eigenvalue weighted by molar-refractivity contribution is 6.21. The summed E-state index contributed by atoms with van der Waals surface area (Å²) in [6, 6.07) is 15.0. The lowest BCUT2D eigenvalue weighted by Crippen LogP contribution is -2.50. The summed E-state index contributed by atoms with van der Waals surface area (Å²) < 4.78 is 5.20. The van der Waals surface area contributed by atoms with Crippen molar-refractivity contribution in [3.05, 3.63) is 71.3 Å². The number of rotatable bonds is 5. The van der Waals surface area contributed by atoms with Gasteiger partial charge in [-0.05, 0) is 24.6 Å². The molecule has 24 heavy (non-hydrogen) atoms. The van der Waals surface area contributed by atoms with Crippen LogP contribution in [0.25, 0.3) is 0 Å². The number of benzene rings is 2. The summed E-state index contributed by atoms with van der Waals surface area (Å²) in [4.78, 5) is 36.5. The second-order valence-corrected chi connectivity index (χ2v) is 5.44. The number of hydrogen-bond donors (Lipinski definition) is 1. The maximum absolute atomic E-state index is 12.2. The average Bonchev–Trinajstić information content (AvgIpc) is 2.86. The van der Waals surface area contributed by atoms with Crippen LogP contribution < -0.4 is 5.43 Å². The van der Waals surface area contributed by atoms with Gasteiger partial charge in [0.2, 0.25) is 0 Å². The van der Waals surface area contributed by atoms with Crippen LogP contribution in [0.4, 0.5) is 0 Å². The molecule has 1 aliphatic rings. The van der Waals surface area contributed by atoms with Gasteiger partial charge in [0.05, 0.1) is 11.1 Å². The van der Waals surface area contributed by atoms with Crippen molar-refractivity contribution in [3.8, 4) is 0 Å². The van der Waals surface area contributed by atoms with Crippen LogP contribution in [0.15, 0.2) is 54.6 Å². The van der Waals surface area contributed by atoms with Crippen molar-refractivity contribution < 1.29 is 19.1 Å². The maximum atomic E-state index is 12.2. The van der Waals surface area contributed by atoms with Crippen molar-refractivity contribution >= 4 is 17.8 Å². The lowest BCUT2D eigenvalue weighted by Gasteiger charge is -2.20. The molecule has 122 valence electrons. The summed E-state index contributed by atoms with van der Waals surface area (Å²) in [5, 5.41) is 0.860. The molecular formula is C18H16N2O4. The molecule has 1 heterocycles. The molecule has 1 aliphatic heterocycles. The van der Waals surface area contributed by atoms with Gasteiger partial charge in [-0.3, -0.25) is 14.4 Å². The van der Waals surface area contributed by atoms with Gasteiger partial charge < -0.3 is 4.74 Å². The van der Waals surface area contributed by atoms with E-state index in [9.17, 15) is 14.4 Å². The highest BCUT2D eigenvalue weighted by Gasteiger charge is 2.37. The molecule has 0 radical (unpaired) electrons. The second kappa shape index (κ2) is 6.64. The fourth-order valence-electron chi connectivity index (χ4n) is 2.41. The minimum Gasteiger partial charge on any atom is -0.460 e. The molecule has 0 bridgehead atoms. The minimum absolute atomic E-state index is 0.133. The number of carbonyl (C=O) groups is 3. The molecule has 0 spiro atoms. The van der Waals surface area contributed by atoms with Crippen molar-refractivity contribution in [3.63, 3.8) is 0 Å². The lowest BCUT2D eigenvalue weighted by atomic mass is 10.1. The largest absolute Gasteiger partial charge is 0.460 e. The van der Waals surface area contributed by atoms with E-state index in [0.29, 0.717) is 11.1 Å². The van der Waals surface area contributed by atoms with Crippen LogP contribution in [0.2, 0.25) is 0 Å². The van der Waals surface area contributed by atoms with Crippen molar-refractivity contribution in [1.82, 2.24) is 10.4 Å². The van der Waals surface area contributed by atoms with Crippen LogP contribution in [0.1, 0.15) is 33.2 Å². The molecule has 2 amide bonds. The number of nitrogens with zero attached hydrogens (tertiary/aromatic N) is 1. The summed E-state index contributed by atoms with van der Waals surface area (Å²) in [6.45, 7) is 1.67.